The second kappa shape index (κ2) is 9.69. The van der Waals surface area contributed by atoms with E-state index >= 15 is 0 Å². The molecule has 1 N–H and O–H groups in total. The highest BCUT2D eigenvalue weighted by molar-refractivity contribution is 5.92. The molecule has 1 aromatic carbocycles. The summed E-state index contributed by atoms with van der Waals surface area (Å²) < 4.78 is 5.01. The zero-order valence-electron chi connectivity index (χ0n) is 17.9. The molecule has 1 aliphatic rings. The van der Waals surface area contributed by atoms with Gasteiger partial charge in [-0.05, 0) is 44.4 Å². The van der Waals surface area contributed by atoms with Crippen LogP contribution < -0.4 is 15.1 Å². The van der Waals surface area contributed by atoms with Crippen LogP contribution in [-0.2, 0) is 4.74 Å². The van der Waals surface area contributed by atoms with Crippen molar-refractivity contribution in [2.75, 3.05) is 56.2 Å². The number of carbonyl (C=O) groups is 1. The molecule has 156 valence electrons. The van der Waals surface area contributed by atoms with Crippen LogP contribution in [0.3, 0.4) is 0 Å². The Kier molecular flexibility index (Phi) is 7.04. The van der Waals surface area contributed by atoms with Crippen LogP contribution in [0, 0.1) is 20.8 Å². The van der Waals surface area contributed by atoms with Gasteiger partial charge in [-0.15, -0.1) is 0 Å². The molecule has 1 saturated heterocycles. The Bertz CT molecular complexity index is 847. The van der Waals surface area contributed by atoms with E-state index in [1.165, 1.54) is 16.8 Å². The summed E-state index contributed by atoms with van der Waals surface area (Å²) in [6.45, 7) is 10.9. The van der Waals surface area contributed by atoms with Gasteiger partial charge in [0, 0.05) is 58.2 Å². The number of nitrogens with zero attached hydrogens (tertiary/aromatic N) is 4. The predicted molar refractivity (Wildman–Crippen MR) is 116 cm³/mol. The Morgan fingerprint density at radius 3 is 2.55 bits per heavy atom. The van der Waals surface area contributed by atoms with Gasteiger partial charge in [0.2, 0.25) is 0 Å². The number of hydrogen-bond acceptors (Lipinski definition) is 6. The van der Waals surface area contributed by atoms with Crippen molar-refractivity contribution >= 4 is 17.4 Å². The van der Waals surface area contributed by atoms with E-state index in [0.29, 0.717) is 24.7 Å². The maximum atomic E-state index is 12.4. The molecule has 29 heavy (non-hydrogen) atoms. The molecule has 1 fully saturated rings. The number of amides is 1. The van der Waals surface area contributed by atoms with Crippen molar-refractivity contribution in [2.45, 2.75) is 27.2 Å². The fourth-order valence-corrected chi connectivity index (χ4v) is 3.59. The van der Waals surface area contributed by atoms with Gasteiger partial charge in [-0.25, -0.2) is 9.97 Å². The molecule has 0 atom stereocenters. The number of rotatable bonds is 7. The quantitative estimate of drug-likeness (QED) is 0.724. The zero-order valence-corrected chi connectivity index (χ0v) is 17.9. The van der Waals surface area contributed by atoms with Gasteiger partial charge in [-0.3, -0.25) is 4.79 Å². The molecule has 0 spiro atoms. The normalized spacial score (nSPS) is 14.2. The first-order valence-corrected chi connectivity index (χ1v) is 10.2. The molecule has 0 bridgehead atoms. The standard InChI is InChI=1S/C22H31N5O2/c1-16-7-5-8-20(17(16)2)26-10-12-27(13-11-26)21-15-19(24-18(3)25-21)22(28)23-9-6-14-29-4/h5,7-8,15H,6,9-14H2,1-4H3,(H,23,28). The summed E-state index contributed by atoms with van der Waals surface area (Å²) in [5.41, 5.74) is 4.38. The minimum absolute atomic E-state index is 0.165. The first-order chi connectivity index (χ1) is 14.0. The second-order valence-corrected chi connectivity index (χ2v) is 7.45. The minimum Gasteiger partial charge on any atom is -0.385 e. The lowest BCUT2D eigenvalue weighted by Gasteiger charge is -2.37. The highest BCUT2D eigenvalue weighted by atomic mass is 16.5. The van der Waals surface area contributed by atoms with Crippen molar-refractivity contribution in [3.8, 4) is 0 Å². The average molecular weight is 398 g/mol. The molecule has 0 unspecified atom stereocenters. The van der Waals surface area contributed by atoms with Crippen LogP contribution in [0.4, 0.5) is 11.5 Å². The lowest BCUT2D eigenvalue weighted by atomic mass is 10.1. The smallest absolute Gasteiger partial charge is 0.270 e. The average Bonchev–Trinajstić information content (AvgIpc) is 2.73. The molecule has 1 amide bonds. The fraction of sp³-hybridized carbons (Fsp3) is 0.500. The number of ether oxygens (including phenoxy) is 1. The fourth-order valence-electron chi connectivity index (χ4n) is 3.59. The summed E-state index contributed by atoms with van der Waals surface area (Å²) in [4.78, 5) is 26.0. The largest absolute Gasteiger partial charge is 0.385 e. The van der Waals surface area contributed by atoms with Crippen molar-refractivity contribution in [1.82, 2.24) is 15.3 Å². The Hall–Kier alpha value is -2.67. The molecule has 7 heteroatoms. The monoisotopic (exact) mass is 397 g/mol. The number of nitrogens with one attached hydrogen (secondary N) is 1. The molecular formula is C22H31N5O2. The number of carbonyl (C=O) groups excluding carboxylic acids is 1. The van der Waals surface area contributed by atoms with E-state index in [9.17, 15) is 4.79 Å². The van der Waals surface area contributed by atoms with E-state index < -0.39 is 0 Å². The molecule has 0 aliphatic carbocycles. The van der Waals surface area contributed by atoms with Crippen LogP contribution in [0.15, 0.2) is 24.3 Å². The molecule has 2 heterocycles. The third-order valence-corrected chi connectivity index (χ3v) is 5.39. The maximum absolute atomic E-state index is 12.4. The van der Waals surface area contributed by atoms with Gasteiger partial charge >= 0.3 is 0 Å². The van der Waals surface area contributed by atoms with E-state index in [2.05, 4.69) is 57.1 Å². The van der Waals surface area contributed by atoms with Crippen molar-refractivity contribution in [2.24, 2.45) is 0 Å². The van der Waals surface area contributed by atoms with Gasteiger partial charge in [-0.2, -0.15) is 0 Å². The third kappa shape index (κ3) is 5.23. The summed E-state index contributed by atoms with van der Waals surface area (Å²) >= 11 is 0. The SMILES string of the molecule is COCCCNC(=O)c1cc(N2CCN(c3cccc(C)c3C)CC2)nc(C)n1. The molecular weight excluding hydrogens is 366 g/mol. The van der Waals surface area contributed by atoms with Gasteiger partial charge in [0.15, 0.2) is 0 Å². The van der Waals surface area contributed by atoms with E-state index in [0.717, 1.165) is 38.4 Å². The van der Waals surface area contributed by atoms with Crippen LogP contribution >= 0.6 is 0 Å². The number of piperazine rings is 1. The Labute approximate surface area is 173 Å². The van der Waals surface area contributed by atoms with Gasteiger partial charge in [0.25, 0.3) is 5.91 Å². The number of benzene rings is 1. The van der Waals surface area contributed by atoms with Crippen LogP contribution in [0.5, 0.6) is 0 Å². The van der Waals surface area contributed by atoms with Crippen LogP contribution in [0.2, 0.25) is 0 Å². The van der Waals surface area contributed by atoms with Crippen molar-refractivity contribution in [1.29, 1.82) is 0 Å². The lowest BCUT2D eigenvalue weighted by Crippen LogP contribution is -2.47. The van der Waals surface area contributed by atoms with E-state index in [1.54, 1.807) is 13.2 Å². The number of methoxy groups -OCH3 is 1. The van der Waals surface area contributed by atoms with E-state index in [-0.39, 0.29) is 5.91 Å². The summed E-state index contributed by atoms with van der Waals surface area (Å²) in [6, 6.07) is 8.26. The molecule has 1 aliphatic heterocycles. The van der Waals surface area contributed by atoms with Gasteiger partial charge in [0.05, 0.1) is 0 Å². The summed E-state index contributed by atoms with van der Waals surface area (Å²) in [6.07, 6.45) is 0.777. The molecule has 0 saturated carbocycles. The van der Waals surface area contributed by atoms with E-state index in [1.807, 2.05) is 6.92 Å². The van der Waals surface area contributed by atoms with Gasteiger partial charge < -0.3 is 19.9 Å². The van der Waals surface area contributed by atoms with Gasteiger partial charge in [-0.1, -0.05) is 12.1 Å². The van der Waals surface area contributed by atoms with Crippen LogP contribution in [0.25, 0.3) is 0 Å². The highest BCUT2D eigenvalue weighted by Crippen LogP contribution is 2.25. The van der Waals surface area contributed by atoms with Crippen molar-refractivity contribution in [3.63, 3.8) is 0 Å². The van der Waals surface area contributed by atoms with Crippen molar-refractivity contribution < 1.29 is 9.53 Å². The predicted octanol–water partition coefficient (Wildman–Crippen LogP) is 2.49. The van der Waals surface area contributed by atoms with Crippen LogP contribution in [0.1, 0.15) is 33.9 Å². The maximum Gasteiger partial charge on any atom is 0.270 e. The topological polar surface area (TPSA) is 70.6 Å². The first kappa shape index (κ1) is 21.0. The molecule has 0 radical (unpaired) electrons. The number of aryl methyl sites for hydroxylation is 2. The van der Waals surface area contributed by atoms with Crippen LogP contribution in [-0.4, -0.2) is 62.3 Å². The molecule has 7 nitrogen and oxygen atoms in total. The summed E-state index contributed by atoms with van der Waals surface area (Å²) in [5.74, 6) is 1.27. The summed E-state index contributed by atoms with van der Waals surface area (Å²) in [7, 11) is 1.65. The van der Waals surface area contributed by atoms with Gasteiger partial charge in [0.1, 0.15) is 17.3 Å². The number of anilines is 2. The Morgan fingerprint density at radius 2 is 1.83 bits per heavy atom. The van der Waals surface area contributed by atoms with E-state index in [4.69, 9.17) is 4.74 Å². The lowest BCUT2D eigenvalue weighted by molar-refractivity contribution is 0.0943. The number of hydrogen-bond donors (Lipinski definition) is 1. The minimum atomic E-state index is -0.165. The first-order valence-electron chi connectivity index (χ1n) is 10.2. The summed E-state index contributed by atoms with van der Waals surface area (Å²) in [5, 5.41) is 2.90. The second-order valence-electron chi connectivity index (χ2n) is 7.45. The number of aromatic nitrogens is 2. The zero-order chi connectivity index (χ0) is 20.8. The highest BCUT2D eigenvalue weighted by Gasteiger charge is 2.21. The molecule has 3 rings (SSSR count). The molecule has 2 aromatic rings. The molecule has 1 aromatic heterocycles. The Morgan fingerprint density at radius 1 is 1.10 bits per heavy atom. The Balaban J connectivity index is 1.65. The third-order valence-electron chi connectivity index (χ3n) is 5.39. The van der Waals surface area contributed by atoms with Crippen molar-refractivity contribution in [3.05, 3.63) is 46.9 Å².